The Morgan fingerprint density at radius 1 is 1.17 bits per heavy atom. The highest BCUT2D eigenvalue weighted by molar-refractivity contribution is 5.70. The second-order valence-corrected chi connectivity index (χ2v) is 5.62. The van der Waals surface area contributed by atoms with Gasteiger partial charge in [0.25, 0.3) is 0 Å². The number of benzene rings is 1. The summed E-state index contributed by atoms with van der Waals surface area (Å²) in [6, 6.07) is 12.1. The van der Waals surface area contributed by atoms with Crippen molar-refractivity contribution in [2.24, 2.45) is 0 Å². The Hall–Kier alpha value is -2.45. The molecule has 1 aromatic heterocycles. The van der Waals surface area contributed by atoms with Crippen LogP contribution < -0.4 is 9.64 Å². The zero-order chi connectivity index (χ0) is 16.1. The molecule has 0 unspecified atom stereocenters. The number of nitriles is 1. The average molecular weight is 311 g/mol. The first-order chi connectivity index (χ1) is 11.3. The lowest BCUT2D eigenvalue weighted by atomic mass is 10.1. The fourth-order valence-electron chi connectivity index (χ4n) is 2.85. The van der Waals surface area contributed by atoms with E-state index in [1.54, 1.807) is 7.11 Å². The Bertz CT molecular complexity index is 679. The van der Waals surface area contributed by atoms with Crippen LogP contribution in [0.25, 0.3) is 11.3 Å². The highest BCUT2D eigenvalue weighted by atomic mass is 16.5. The molecule has 1 saturated heterocycles. The number of nitrogens with zero attached hydrogens (tertiary/aromatic N) is 2. The highest BCUT2D eigenvalue weighted by Crippen LogP contribution is 2.30. The Morgan fingerprint density at radius 3 is 2.57 bits per heavy atom. The van der Waals surface area contributed by atoms with Gasteiger partial charge in [0.2, 0.25) is 0 Å². The molecule has 1 N–H and O–H groups in total. The van der Waals surface area contributed by atoms with Crippen molar-refractivity contribution in [1.82, 2.24) is 4.98 Å². The molecule has 1 fully saturated rings. The number of aromatic amines is 1. The number of methoxy groups -OCH3 is 1. The van der Waals surface area contributed by atoms with Crippen molar-refractivity contribution in [3.05, 3.63) is 35.9 Å². The van der Waals surface area contributed by atoms with Crippen molar-refractivity contribution in [3.8, 4) is 23.1 Å². The molecule has 120 valence electrons. The number of aromatic nitrogens is 1. The fraction of sp³-hybridized carbons (Fsp3) is 0.389. The minimum atomic E-state index is 0.538. The van der Waals surface area contributed by atoms with Crippen molar-refractivity contribution < 1.29 is 9.47 Å². The molecule has 0 bridgehead atoms. The summed E-state index contributed by atoms with van der Waals surface area (Å²) in [5, 5.41) is 9.38. The largest absolute Gasteiger partial charge is 0.491 e. The second kappa shape index (κ2) is 7.21. The lowest BCUT2D eigenvalue weighted by Gasteiger charge is -2.15. The second-order valence-electron chi connectivity index (χ2n) is 5.62. The zero-order valence-corrected chi connectivity index (χ0v) is 13.3. The topological polar surface area (TPSA) is 61.3 Å². The van der Waals surface area contributed by atoms with Crippen LogP contribution in [0.15, 0.2) is 30.3 Å². The van der Waals surface area contributed by atoms with Gasteiger partial charge in [0, 0.05) is 25.9 Å². The summed E-state index contributed by atoms with van der Waals surface area (Å²) in [5.41, 5.74) is 2.72. The van der Waals surface area contributed by atoms with Crippen molar-refractivity contribution in [3.63, 3.8) is 0 Å². The van der Waals surface area contributed by atoms with Gasteiger partial charge in [-0.3, -0.25) is 0 Å². The number of nitrogens with one attached hydrogen (secondary N) is 1. The molecule has 3 rings (SSSR count). The zero-order valence-electron chi connectivity index (χ0n) is 13.3. The van der Waals surface area contributed by atoms with Crippen LogP contribution >= 0.6 is 0 Å². The quantitative estimate of drug-likeness (QED) is 0.832. The van der Waals surface area contributed by atoms with Gasteiger partial charge in [0.05, 0.1) is 12.2 Å². The lowest BCUT2D eigenvalue weighted by molar-refractivity contribution is 0.146. The molecule has 0 saturated carbocycles. The summed E-state index contributed by atoms with van der Waals surface area (Å²) in [5.74, 6) is 1.76. The smallest absolute Gasteiger partial charge is 0.124 e. The molecule has 0 aliphatic carbocycles. The van der Waals surface area contributed by atoms with Crippen LogP contribution in [0.3, 0.4) is 0 Å². The van der Waals surface area contributed by atoms with Crippen molar-refractivity contribution in [2.45, 2.75) is 12.8 Å². The monoisotopic (exact) mass is 311 g/mol. The van der Waals surface area contributed by atoms with Gasteiger partial charge in [-0.05, 0) is 48.7 Å². The highest BCUT2D eigenvalue weighted by Gasteiger charge is 2.19. The maximum atomic E-state index is 9.38. The first-order valence-corrected chi connectivity index (χ1v) is 7.92. The third kappa shape index (κ3) is 3.49. The van der Waals surface area contributed by atoms with Gasteiger partial charge < -0.3 is 19.4 Å². The van der Waals surface area contributed by atoms with Crippen LogP contribution in [-0.4, -0.2) is 38.4 Å². The van der Waals surface area contributed by atoms with Crippen LogP contribution in [0.5, 0.6) is 5.75 Å². The molecule has 0 radical (unpaired) electrons. The average Bonchev–Trinajstić information content (AvgIpc) is 3.25. The summed E-state index contributed by atoms with van der Waals surface area (Å²) in [4.78, 5) is 5.66. The van der Waals surface area contributed by atoms with Gasteiger partial charge in [-0.25, -0.2) is 0 Å². The molecule has 23 heavy (non-hydrogen) atoms. The Labute approximate surface area is 136 Å². The van der Waals surface area contributed by atoms with E-state index in [4.69, 9.17) is 9.47 Å². The number of ether oxygens (including phenoxy) is 2. The molecular weight excluding hydrogens is 290 g/mol. The minimum Gasteiger partial charge on any atom is -0.491 e. The van der Waals surface area contributed by atoms with E-state index in [9.17, 15) is 5.26 Å². The van der Waals surface area contributed by atoms with E-state index in [1.807, 2.05) is 30.3 Å². The molecule has 0 spiro atoms. The molecule has 2 aromatic rings. The SMILES string of the molecule is COCCOc1ccc(-c2cc(C#N)c(N3CCCC3)[nH]2)cc1. The number of rotatable bonds is 6. The summed E-state index contributed by atoms with van der Waals surface area (Å²) in [6.45, 7) is 3.14. The molecule has 5 nitrogen and oxygen atoms in total. The minimum absolute atomic E-state index is 0.538. The third-order valence-corrected chi connectivity index (χ3v) is 4.06. The molecule has 0 atom stereocenters. The van der Waals surface area contributed by atoms with Gasteiger partial charge in [-0.2, -0.15) is 5.26 Å². The van der Waals surface area contributed by atoms with Gasteiger partial charge in [-0.1, -0.05) is 0 Å². The van der Waals surface area contributed by atoms with Crippen LogP contribution in [-0.2, 0) is 4.74 Å². The van der Waals surface area contributed by atoms with Gasteiger partial charge in [0.1, 0.15) is 24.2 Å². The van der Waals surface area contributed by atoms with E-state index in [2.05, 4.69) is 16.0 Å². The maximum absolute atomic E-state index is 9.38. The standard InChI is InChI=1S/C18H21N3O2/c1-22-10-11-23-16-6-4-14(5-7-16)17-12-15(13-19)18(20-17)21-8-2-3-9-21/h4-7,12,20H,2-3,8-11H2,1H3. The Morgan fingerprint density at radius 2 is 1.91 bits per heavy atom. The first kappa shape index (κ1) is 15.4. The summed E-state index contributed by atoms with van der Waals surface area (Å²) in [6.07, 6.45) is 2.37. The summed E-state index contributed by atoms with van der Waals surface area (Å²) in [7, 11) is 1.66. The molecule has 1 aliphatic heterocycles. The molecule has 2 heterocycles. The van der Waals surface area contributed by atoms with E-state index in [-0.39, 0.29) is 0 Å². The third-order valence-electron chi connectivity index (χ3n) is 4.06. The predicted molar refractivity (Wildman–Crippen MR) is 89.8 cm³/mol. The van der Waals surface area contributed by atoms with E-state index in [0.29, 0.717) is 18.8 Å². The summed E-state index contributed by atoms with van der Waals surface area (Å²) >= 11 is 0. The van der Waals surface area contributed by atoms with Gasteiger partial charge in [0.15, 0.2) is 0 Å². The van der Waals surface area contributed by atoms with Gasteiger partial charge in [-0.15, -0.1) is 0 Å². The molecular formula is C18H21N3O2. The van der Waals surface area contributed by atoms with E-state index in [1.165, 1.54) is 12.8 Å². The van der Waals surface area contributed by atoms with Crippen molar-refractivity contribution in [2.75, 3.05) is 38.3 Å². The van der Waals surface area contributed by atoms with Crippen LogP contribution in [0, 0.1) is 11.3 Å². The van der Waals surface area contributed by atoms with Crippen molar-refractivity contribution >= 4 is 5.82 Å². The number of H-pyrrole nitrogens is 1. The van der Waals surface area contributed by atoms with Crippen molar-refractivity contribution in [1.29, 1.82) is 5.26 Å². The van der Waals surface area contributed by atoms with Crippen LogP contribution in [0.1, 0.15) is 18.4 Å². The van der Waals surface area contributed by atoms with Crippen LogP contribution in [0.2, 0.25) is 0 Å². The fourth-order valence-corrected chi connectivity index (χ4v) is 2.85. The molecule has 1 aliphatic rings. The first-order valence-electron chi connectivity index (χ1n) is 7.92. The van der Waals surface area contributed by atoms with Gasteiger partial charge >= 0.3 is 0 Å². The maximum Gasteiger partial charge on any atom is 0.124 e. The Kier molecular flexibility index (Phi) is 4.84. The lowest BCUT2D eigenvalue weighted by Crippen LogP contribution is -2.18. The normalized spacial score (nSPS) is 14.0. The molecule has 1 aromatic carbocycles. The van der Waals surface area contributed by atoms with E-state index in [0.717, 1.165) is 35.9 Å². The van der Waals surface area contributed by atoms with E-state index >= 15 is 0 Å². The number of hydrogen-bond donors (Lipinski definition) is 1. The molecule has 0 amide bonds. The van der Waals surface area contributed by atoms with Crippen LogP contribution in [0.4, 0.5) is 5.82 Å². The summed E-state index contributed by atoms with van der Waals surface area (Å²) < 4.78 is 10.5. The van der Waals surface area contributed by atoms with E-state index < -0.39 is 0 Å². The molecule has 5 heteroatoms. The predicted octanol–water partition coefficient (Wildman–Crippen LogP) is 3.18. The Balaban J connectivity index is 1.77. The number of hydrogen-bond acceptors (Lipinski definition) is 4. The number of anilines is 1.